The largest absolute Gasteiger partial charge is 0.338 e. The highest BCUT2D eigenvalue weighted by molar-refractivity contribution is 5.94. The predicted octanol–water partition coefficient (Wildman–Crippen LogP) is 2.56. The number of nitrogens with two attached hydrogens (primary N) is 1. The highest BCUT2D eigenvalue weighted by Gasteiger charge is 2.47. The zero-order valence-corrected chi connectivity index (χ0v) is 11.9. The van der Waals surface area contributed by atoms with Crippen molar-refractivity contribution in [2.24, 2.45) is 17.1 Å². The summed E-state index contributed by atoms with van der Waals surface area (Å²) in [5.41, 5.74) is 6.05. The van der Waals surface area contributed by atoms with E-state index in [1.54, 1.807) is 4.90 Å². The molecular weight excluding hydrogens is 274 g/mol. The maximum atomic E-state index is 13.3. The van der Waals surface area contributed by atoms with Gasteiger partial charge < -0.3 is 10.6 Å². The van der Waals surface area contributed by atoms with Crippen LogP contribution in [0.5, 0.6) is 0 Å². The number of halogens is 2. The number of nitrogens with zero attached hydrogens (tertiary/aromatic N) is 1. The molecule has 2 atom stereocenters. The molecule has 2 fully saturated rings. The fourth-order valence-corrected chi connectivity index (χ4v) is 3.93. The molecule has 0 bridgehead atoms. The van der Waals surface area contributed by atoms with Crippen LogP contribution in [0.25, 0.3) is 0 Å². The maximum Gasteiger partial charge on any atom is 0.254 e. The Bertz CT molecular complexity index is 543. The van der Waals surface area contributed by atoms with E-state index in [9.17, 15) is 13.6 Å². The van der Waals surface area contributed by atoms with Crippen molar-refractivity contribution in [1.82, 2.24) is 4.90 Å². The van der Waals surface area contributed by atoms with Crippen molar-refractivity contribution in [3.63, 3.8) is 0 Å². The monoisotopic (exact) mass is 294 g/mol. The number of rotatable bonds is 2. The molecule has 0 aromatic heterocycles. The van der Waals surface area contributed by atoms with E-state index in [1.807, 2.05) is 0 Å². The van der Waals surface area contributed by atoms with Crippen LogP contribution in [0, 0.1) is 23.0 Å². The Kier molecular flexibility index (Phi) is 3.69. The van der Waals surface area contributed by atoms with Gasteiger partial charge in [0.15, 0.2) is 0 Å². The highest BCUT2D eigenvalue weighted by Crippen LogP contribution is 2.46. The molecule has 1 heterocycles. The average Bonchev–Trinajstić information content (AvgIpc) is 2.85. The third-order valence-electron chi connectivity index (χ3n) is 5.09. The van der Waals surface area contributed by atoms with Crippen LogP contribution in [0.3, 0.4) is 0 Å². The van der Waals surface area contributed by atoms with Crippen LogP contribution >= 0.6 is 0 Å². The second-order valence-corrected chi connectivity index (χ2v) is 6.35. The molecule has 0 spiro atoms. The molecule has 2 N–H and O–H groups in total. The number of benzene rings is 1. The minimum Gasteiger partial charge on any atom is -0.338 e. The summed E-state index contributed by atoms with van der Waals surface area (Å²) in [5, 5.41) is 0. The fraction of sp³-hybridized carbons (Fsp3) is 0.562. The van der Waals surface area contributed by atoms with E-state index < -0.39 is 11.6 Å². The standard InChI is InChI=1S/C16H20F2N2O/c17-13-5-11(6-14(18)7-13)15(21)20-8-12-3-1-2-4-16(12,9-19)10-20/h5-7,12H,1-4,8-10,19H2. The van der Waals surface area contributed by atoms with Crippen molar-refractivity contribution < 1.29 is 13.6 Å². The van der Waals surface area contributed by atoms with Crippen LogP contribution in [0.1, 0.15) is 36.0 Å². The van der Waals surface area contributed by atoms with Gasteiger partial charge in [-0.25, -0.2) is 8.78 Å². The second-order valence-electron chi connectivity index (χ2n) is 6.35. The van der Waals surface area contributed by atoms with Crippen LogP contribution in [-0.2, 0) is 0 Å². The number of hydrogen-bond acceptors (Lipinski definition) is 2. The molecule has 5 heteroatoms. The second kappa shape index (κ2) is 5.37. The average molecular weight is 294 g/mol. The van der Waals surface area contributed by atoms with Crippen molar-refractivity contribution in [3.8, 4) is 0 Å². The smallest absolute Gasteiger partial charge is 0.254 e. The molecule has 3 nitrogen and oxygen atoms in total. The van der Waals surface area contributed by atoms with Crippen LogP contribution < -0.4 is 5.73 Å². The molecule has 1 aliphatic heterocycles. The van der Waals surface area contributed by atoms with Crippen molar-refractivity contribution >= 4 is 5.91 Å². The van der Waals surface area contributed by atoms with Crippen molar-refractivity contribution in [1.29, 1.82) is 0 Å². The highest BCUT2D eigenvalue weighted by atomic mass is 19.1. The third kappa shape index (κ3) is 2.55. The maximum absolute atomic E-state index is 13.3. The molecule has 1 aromatic carbocycles. The molecule has 1 amide bonds. The molecule has 1 aromatic rings. The van der Waals surface area contributed by atoms with Gasteiger partial charge in [-0.15, -0.1) is 0 Å². The molecule has 2 unspecified atom stereocenters. The van der Waals surface area contributed by atoms with E-state index in [2.05, 4.69) is 0 Å². The summed E-state index contributed by atoms with van der Waals surface area (Å²) in [4.78, 5) is 14.2. The van der Waals surface area contributed by atoms with E-state index in [4.69, 9.17) is 5.73 Å². The number of amides is 1. The van der Waals surface area contributed by atoms with Gasteiger partial charge in [0.1, 0.15) is 11.6 Å². The number of carbonyl (C=O) groups is 1. The van der Waals surface area contributed by atoms with Gasteiger partial charge in [-0.2, -0.15) is 0 Å². The molecule has 3 rings (SSSR count). The first kappa shape index (κ1) is 14.4. The number of fused-ring (bicyclic) bond motifs is 1. The fourth-order valence-electron chi connectivity index (χ4n) is 3.93. The molecule has 21 heavy (non-hydrogen) atoms. The summed E-state index contributed by atoms with van der Waals surface area (Å²) in [5.74, 6) is -1.32. The molecule has 1 saturated heterocycles. The first-order valence-electron chi connectivity index (χ1n) is 7.49. The van der Waals surface area contributed by atoms with Gasteiger partial charge in [0, 0.05) is 30.1 Å². The Balaban J connectivity index is 1.83. The number of hydrogen-bond donors (Lipinski definition) is 1. The minimum atomic E-state index is -0.719. The number of likely N-dealkylation sites (tertiary alicyclic amines) is 1. The Hall–Kier alpha value is -1.49. The summed E-state index contributed by atoms with van der Waals surface area (Å²) in [6.45, 7) is 1.82. The Morgan fingerprint density at radius 2 is 2.00 bits per heavy atom. The molecule has 1 saturated carbocycles. The van der Waals surface area contributed by atoms with Gasteiger partial charge in [-0.3, -0.25) is 4.79 Å². The van der Waals surface area contributed by atoms with Crippen molar-refractivity contribution in [3.05, 3.63) is 35.4 Å². The quantitative estimate of drug-likeness (QED) is 0.911. The molecule has 0 radical (unpaired) electrons. The van der Waals surface area contributed by atoms with Gasteiger partial charge >= 0.3 is 0 Å². The molecule has 114 valence electrons. The van der Waals surface area contributed by atoms with Crippen LogP contribution in [0.15, 0.2) is 18.2 Å². The Morgan fingerprint density at radius 1 is 1.29 bits per heavy atom. The van der Waals surface area contributed by atoms with E-state index in [1.165, 1.54) is 6.42 Å². The van der Waals surface area contributed by atoms with Gasteiger partial charge in [0.05, 0.1) is 0 Å². The van der Waals surface area contributed by atoms with Gasteiger partial charge in [-0.05, 0) is 37.4 Å². The topological polar surface area (TPSA) is 46.3 Å². The normalized spacial score (nSPS) is 28.5. The molecule has 1 aliphatic carbocycles. The Labute approximate surface area is 123 Å². The number of carbonyl (C=O) groups excluding carboxylic acids is 1. The third-order valence-corrected chi connectivity index (χ3v) is 5.09. The zero-order chi connectivity index (χ0) is 15.0. The van der Waals surface area contributed by atoms with E-state index in [-0.39, 0.29) is 16.9 Å². The Morgan fingerprint density at radius 3 is 2.62 bits per heavy atom. The summed E-state index contributed by atoms with van der Waals surface area (Å²) < 4.78 is 26.6. The summed E-state index contributed by atoms with van der Waals surface area (Å²) in [7, 11) is 0. The molecule has 2 aliphatic rings. The first-order chi connectivity index (χ1) is 10.0. The summed E-state index contributed by atoms with van der Waals surface area (Å²) >= 11 is 0. The van der Waals surface area contributed by atoms with E-state index >= 15 is 0 Å². The lowest BCUT2D eigenvalue weighted by Gasteiger charge is -2.37. The predicted molar refractivity (Wildman–Crippen MR) is 75.7 cm³/mol. The van der Waals surface area contributed by atoms with Crippen LogP contribution in [0.4, 0.5) is 8.78 Å². The SMILES string of the molecule is NCC12CCCCC1CN(C(=O)c1cc(F)cc(F)c1)C2. The lowest BCUT2D eigenvalue weighted by Crippen LogP contribution is -2.40. The van der Waals surface area contributed by atoms with Gasteiger partial charge in [-0.1, -0.05) is 12.8 Å². The first-order valence-corrected chi connectivity index (χ1v) is 7.49. The summed E-state index contributed by atoms with van der Waals surface area (Å²) in [6.07, 6.45) is 4.43. The molecular formula is C16H20F2N2O. The van der Waals surface area contributed by atoms with Crippen molar-refractivity contribution in [2.75, 3.05) is 19.6 Å². The van der Waals surface area contributed by atoms with Gasteiger partial charge in [0.2, 0.25) is 0 Å². The van der Waals surface area contributed by atoms with Crippen LogP contribution in [-0.4, -0.2) is 30.4 Å². The minimum absolute atomic E-state index is 0.000219. The van der Waals surface area contributed by atoms with Crippen LogP contribution in [0.2, 0.25) is 0 Å². The van der Waals surface area contributed by atoms with E-state index in [0.717, 1.165) is 37.5 Å². The summed E-state index contributed by atoms with van der Waals surface area (Å²) in [6, 6.07) is 2.98. The lowest BCUT2D eigenvalue weighted by molar-refractivity contribution is 0.0769. The van der Waals surface area contributed by atoms with Crippen molar-refractivity contribution in [2.45, 2.75) is 25.7 Å². The van der Waals surface area contributed by atoms with Gasteiger partial charge in [0.25, 0.3) is 5.91 Å². The zero-order valence-electron chi connectivity index (χ0n) is 11.9. The van der Waals surface area contributed by atoms with E-state index in [0.29, 0.717) is 25.6 Å². The lowest BCUT2D eigenvalue weighted by atomic mass is 9.68.